The fourth-order valence-electron chi connectivity index (χ4n) is 2.35. The van der Waals surface area contributed by atoms with E-state index in [2.05, 4.69) is 5.32 Å². The topological polar surface area (TPSA) is 38.3 Å². The van der Waals surface area contributed by atoms with Crippen LogP contribution in [0.2, 0.25) is 0 Å². The Balaban J connectivity index is 2.41. The molecule has 3 heteroatoms. The molecule has 1 N–H and O–H groups in total. The van der Waals surface area contributed by atoms with Crippen molar-refractivity contribution in [2.24, 2.45) is 0 Å². The van der Waals surface area contributed by atoms with Crippen LogP contribution in [0.4, 0.5) is 5.69 Å². The van der Waals surface area contributed by atoms with Gasteiger partial charge < -0.3 is 10.1 Å². The summed E-state index contributed by atoms with van der Waals surface area (Å²) in [5, 5.41) is 3.25. The van der Waals surface area contributed by atoms with Crippen LogP contribution in [-0.2, 0) is 9.53 Å². The lowest BCUT2D eigenvalue weighted by Crippen LogP contribution is -2.24. The van der Waals surface area contributed by atoms with Crippen molar-refractivity contribution < 1.29 is 9.53 Å². The van der Waals surface area contributed by atoms with Gasteiger partial charge in [-0.2, -0.15) is 0 Å². The maximum Gasteiger partial charge on any atom is 0.333 e. The second-order valence-electron chi connectivity index (χ2n) is 4.77. The van der Waals surface area contributed by atoms with Crippen molar-refractivity contribution in [1.29, 1.82) is 0 Å². The van der Waals surface area contributed by atoms with Crippen LogP contribution in [0.5, 0.6) is 0 Å². The van der Waals surface area contributed by atoms with E-state index in [-0.39, 0.29) is 5.97 Å². The van der Waals surface area contributed by atoms with E-state index < -0.39 is 6.04 Å². The minimum atomic E-state index is -0.497. The largest absolute Gasteiger partial charge is 0.467 e. The second kappa shape index (κ2) is 6.24. The van der Waals surface area contributed by atoms with Gasteiger partial charge in [-0.25, -0.2) is 4.79 Å². The summed E-state index contributed by atoms with van der Waals surface area (Å²) in [5.41, 5.74) is 4.02. The van der Waals surface area contributed by atoms with Gasteiger partial charge in [-0.3, -0.25) is 0 Å². The van der Waals surface area contributed by atoms with Crippen molar-refractivity contribution in [2.45, 2.75) is 19.9 Å². The van der Waals surface area contributed by atoms with Crippen LogP contribution in [0.1, 0.15) is 22.7 Å². The minimum absolute atomic E-state index is 0.286. The Morgan fingerprint density at radius 3 is 2.15 bits per heavy atom. The summed E-state index contributed by atoms with van der Waals surface area (Å²) in [6.07, 6.45) is 0. The molecule has 0 aliphatic heterocycles. The lowest BCUT2D eigenvalue weighted by molar-refractivity contribution is -0.141. The first-order chi connectivity index (χ1) is 9.63. The number of aryl methyl sites for hydroxylation is 2. The summed E-state index contributed by atoms with van der Waals surface area (Å²) in [4.78, 5) is 12.1. The van der Waals surface area contributed by atoms with E-state index in [0.29, 0.717) is 0 Å². The Morgan fingerprint density at radius 1 is 1.00 bits per heavy atom. The molecule has 0 radical (unpaired) electrons. The van der Waals surface area contributed by atoms with E-state index in [1.807, 2.05) is 62.4 Å². The summed E-state index contributed by atoms with van der Waals surface area (Å²) in [7, 11) is 1.41. The van der Waals surface area contributed by atoms with Crippen molar-refractivity contribution in [3.05, 3.63) is 65.2 Å². The molecule has 0 aromatic heterocycles. The Kier molecular flexibility index (Phi) is 4.41. The first-order valence-corrected chi connectivity index (χ1v) is 6.59. The van der Waals surface area contributed by atoms with Gasteiger partial charge in [0.15, 0.2) is 6.04 Å². The number of carbonyl (C=O) groups excluding carboxylic acids is 1. The molecule has 20 heavy (non-hydrogen) atoms. The molecule has 0 amide bonds. The molecule has 1 atom stereocenters. The first kappa shape index (κ1) is 14.1. The zero-order valence-electron chi connectivity index (χ0n) is 12.0. The average molecular weight is 269 g/mol. The van der Waals surface area contributed by atoms with Crippen LogP contribution in [0.25, 0.3) is 0 Å². The molecule has 0 bridgehead atoms. The number of ether oxygens (including phenoxy) is 1. The van der Waals surface area contributed by atoms with E-state index >= 15 is 0 Å². The number of esters is 1. The van der Waals surface area contributed by atoms with Crippen LogP contribution in [0.15, 0.2) is 48.5 Å². The number of methoxy groups -OCH3 is 1. The van der Waals surface area contributed by atoms with E-state index in [1.54, 1.807) is 0 Å². The van der Waals surface area contributed by atoms with Crippen molar-refractivity contribution in [2.75, 3.05) is 12.4 Å². The smallest absolute Gasteiger partial charge is 0.333 e. The van der Waals surface area contributed by atoms with Crippen molar-refractivity contribution >= 4 is 11.7 Å². The van der Waals surface area contributed by atoms with E-state index in [1.165, 1.54) is 7.11 Å². The summed E-state index contributed by atoms with van der Waals surface area (Å²) in [5.74, 6) is -0.286. The molecule has 1 unspecified atom stereocenters. The molecule has 2 rings (SSSR count). The summed E-state index contributed by atoms with van der Waals surface area (Å²) < 4.78 is 4.95. The third kappa shape index (κ3) is 2.99. The van der Waals surface area contributed by atoms with E-state index in [9.17, 15) is 4.79 Å². The van der Waals surface area contributed by atoms with Crippen molar-refractivity contribution in [1.82, 2.24) is 0 Å². The predicted octanol–water partition coefficient (Wildman–Crippen LogP) is 3.63. The molecule has 0 saturated heterocycles. The van der Waals surface area contributed by atoms with Crippen LogP contribution < -0.4 is 5.32 Å². The molecular formula is C17H19NO2. The van der Waals surface area contributed by atoms with Gasteiger partial charge in [0.25, 0.3) is 0 Å². The normalized spacial score (nSPS) is 11.8. The van der Waals surface area contributed by atoms with Gasteiger partial charge in [-0.1, -0.05) is 36.4 Å². The van der Waals surface area contributed by atoms with Gasteiger partial charge in [-0.15, -0.1) is 0 Å². The van der Waals surface area contributed by atoms with Crippen molar-refractivity contribution in [3.63, 3.8) is 0 Å². The van der Waals surface area contributed by atoms with Gasteiger partial charge in [0.1, 0.15) is 0 Å². The Morgan fingerprint density at radius 2 is 1.60 bits per heavy atom. The highest BCUT2D eigenvalue weighted by molar-refractivity contribution is 5.82. The second-order valence-corrected chi connectivity index (χ2v) is 4.77. The SMILES string of the molecule is COC(=O)C(Nc1ccccc1)c1c(C)cccc1C. The lowest BCUT2D eigenvalue weighted by Gasteiger charge is -2.21. The molecule has 0 aliphatic rings. The standard InChI is InChI=1S/C17H19NO2/c1-12-8-7-9-13(2)15(12)16(17(19)20-3)18-14-10-5-4-6-11-14/h4-11,16,18H,1-3H3. The zero-order chi connectivity index (χ0) is 14.5. The molecule has 3 nitrogen and oxygen atoms in total. The van der Waals surface area contributed by atoms with Gasteiger partial charge >= 0.3 is 5.97 Å². The van der Waals surface area contributed by atoms with Gasteiger partial charge in [0.05, 0.1) is 7.11 Å². The quantitative estimate of drug-likeness (QED) is 0.861. The fraction of sp³-hybridized carbons (Fsp3) is 0.235. The molecular weight excluding hydrogens is 250 g/mol. The molecule has 2 aromatic rings. The minimum Gasteiger partial charge on any atom is -0.467 e. The molecule has 104 valence electrons. The molecule has 0 aliphatic carbocycles. The monoisotopic (exact) mass is 269 g/mol. The molecule has 0 saturated carbocycles. The number of anilines is 1. The van der Waals surface area contributed by atoms with Gasteiger partial charge in [0, 0.05) is 5.69 Å². The molecule has 0 spiro atoms. The lowest BCUT2D eigenvalue weighted by atomic mass is 9.96. The fourth-order valence-corrected chi connectivity index (χ4v) is 2.35. The molecule has 0 fully saturated rings. The molecule has 0 heterocycles. The summed E-state index contributed by atoms with van der Waals surface area (Å²) in [6.45, 7) is 4.01. The number of para-hydroxylation sites is 1. The van der Waals surface area contributed by atoms with Gasteiger partial charge in [0.2, 0.25) is 0 Å². The van der Waals surface area contributed by atoms with Crippen LogP contribution in [0, 0.1) is 13.8 Å². The van der Waals surface area contributed by atoms with Crippen LogP contribution in [-0.4, -0.2) is 13.1 Å². The zero-order valence-corrected chi connectivity index (χ0v) is 12.0. The number of rotatable bonds is 4. The van der Waals surface area contributed by atoms with E-state index in [0.717, 1.165) is 22.4 Å². The first-order valence-electron chi connectivity index (χ1n) is 6.59. The number of benzene rings is 2. The maximum absolute atomic E-state index is 12.1. The highest BCUT2D eigenvalue weighted by Crippen LogP contribution is 2.26. The predicted molar refractivity (Wildman–Crippen MR) is 80.7 cm³/mol. The number of hydrogen-bond acceptors (Lipinski definition) is 3. The highest BCUT2D eigenvalue weighted by Gasteiger charge is 2.24. The molecule has 2 aromatic carbocycles. The van der Waals surface area contributed by atoms with Crippen LogP contribution in [0.3, 0.4) is 0 Å². The van der Waals surface area contributed by atoms with Gasteiger partial charge in [-0.05, 0) is 42.7 Å². The number of hydrogen-bond donors (Lipinski definition) is 1. The third-order valence-corrected chi connectivity index (χ3v) is 3.35. The third-order valence-electron chi connectivity index (χ3n) is 3.35. The average Bonchev–Trinajstić information content (AvgIpc) is 2.46. The highest BCUT2D eigenvalue weighted by atomic mass is 16.5. The Bertz CT molecular complexity index is 573. The van der Waals surface area contributed by atoms with Crippen molar-refractivity contribution in [3.8, 4) is 0 Å². The number of nitrogens with one attached hydrogen (secondary N) is 1. The maximum atomic E-state index is 12.1. The summed E-state index contributed by atoms with van der Waals surface area (Å²) in [6, 6.07) is 15.2. The van der Waals surface area contributed by atoms with Crippen LogP contribution >= 0.6 is 0 Å². The Labute approximate surface area is 119 Å². The summed E-state index contributed by atoms with van der Waals surface area (Å²) >= 11 is 0. The van der Waals surface area contributed by atoms with E-state index in [4.69, 9.17) is 4.74 Å². The number of carbonyl (C=O) groups is 1. The Hall–Kier alpha value is -2.29.